The Morgan fingerprint density at radius 1 is 2.00 bits per heavy atom. The van der Waals surface area contributed by atoms with E-state index in [0.29, 0.717) is 4.47 Å². The molecule has 0 saturated carbocycles. The fourth-order valence-electron chi connectivity index (χ4n) is 0.603. The molecular weight excluding hydrogens is 222 g/mol. The Balaban J connectivity index is 2.99. The minimum absolute atomic E-state index is 0.221. The van der Waals surface area contributed by atoms with E-state index in [9.17, 15) is 4.79 Å². The Labute approximate surface area is 85.9 Å². The van der Waals surface area contributed by atoms with Gasteiger partial charge in [0.1, 0.15) is 0 Å². The van der Waals surface area contributed by atoms with Crippen molar-refractivity contribution in [3.63, 3.8) is 0 Å². The van der Waals surface area contributed by atoms with Gasteiger partial charge in [-0.3, -0.25) is 9.78 Å². The molecule has 0 saturated heterocycles. The second-order valence-corrected chi connectivity index (χ2v) is 2.79. The summed E-state index contributed by atoms with van der Waals surface area (Å²) in [6.07, 6.45) is -1.32. The topological polar surface area (TPSA) is 39.2 Å². The minimum Gasteiger partial charge on any atom is -0.469 e. The van der Waals surface area contributed by atoms with Gasteiger partial charge >= 0.3 is 5.97 Å². The molecule has 0 bridgehead atoms. The summed E-state index contributed by atoms with van der Waals surface area (Å²) in [6, 6.07) is 2.83. The van der Waals surface area contributed by atoms with Crippen LogP contribution in [-0.2, 0) is 15.9 Å². The first kappa shape index (κ1) is 4.37. The summed E-state index contributed by atoms with van der Waals surface area (Å²) in [7, 11) is -2.98. The van der Waals surface area contributed by atoms with E-state index in [1.807, 2.05) is 0 Å². The molecule has 0 aliphatic heterocycles. The van der Waals surface area contributed by atoms with Gasteiger partial charge in [0.05, 0.1) is 23.2 Å². The van der Waals surface area contributed by atoms with Crippen LogP contribution in [0.4, 0.5) is 0 Å². The first-order valence-corrected chi connectivity index (χ1v) is 3.78. The van der Waals surface area contributed by atoms with E-state index in [1.54, 1.807) is 6.07 Å². The van der Waals surface area contributed by atoms with Gasteiger partial charge < -0.3 is 4.74 Å². The molecule has 0 aliphatic rings. The van der Waals surface area contributed by atoms with E-state index in [-0.39, 0.29) is 5.69 Å². The van der Waals surface area contributed by atoms with Crippen molar-refractivity contribution >= 4 is 21.9 Å². The van der Waals surface area contributed by atoms with Gasteiger partial charge in [-0.1, -0.05) is 15.9 Å². The normalized spacial score (nSPS) is 17.9. The molecule has 3 nitrogen and oxygen atoms in total. The third kappa shape index (κ3) is 2.62. The smallest absolute Gasteiger partial charge is 0.311 e. The van der Waals surface area contributed by atoms with E-state index in [4.69, 9.17) is 6.85 Å². The van der Waals surface area contributed by atoms with Gasteiger partial charge in [-0.05, 0) is 12.1 Å². The number of esters is 1. The van der Waals surface area contributed by atoms with Crippen LogP contribution in [0.1, 0.15) is 12.5 Å². The number of pyridine rings is 1. The van der Waals surface area contributed by atoms with Crippen LogP contribution in [0.5, 0.6) is 0 Å². The lowest BCUT2D eigenvalue weighted by atomic mass is 10.3. The second-order valence-electron chi connectivity index (χ2n) is 1.87. The monoisotopic (exact) mass is 234 g/mol. The number of nitrogens with zero attached hydrogens (tertiary/aromatic N) is 1. The highest BCUT2D eigenvalue weighted by Gasteiger charge is 2.03. The van der Waals surface area contributed by atoms with Crippen molar-refractivity contribution in [2.45, 2.75) is 6.37 Å². The zero-order valence-electron chi connectivity index (χ0n) is 10.9. The first-order chi connectivity index (χ1) is 7.63. The number of aromatic nitrogens is 1. The van der Waals surface area contributed by atoms with Gasteiger partial charge in [0.15, 0.2) is 0 Å². The lowest BCUT2D eigenvalue weighted by Crippen LogP contribution is -2.05. The number of hydrogen-bond acceptors (Lipinski definition) is 3. The summed E-state index contributed by atoms with van der Waals surface area (Å²) in [5, 5.41) is 0. The Hall–Kier alpha value is -0.900. The van der Waals surface area contributed by atoms with Crippen molar-refractivity contribution in [3.8, 4) is 0 Å². The Morgan fingerprint density at radius 3 is 3.50 bits per heavy atom. The SMILES string of the molecule is [2H]C([2H])([2H])OC(=O)C([2H])([2H])c1cc(Br)ccn1. The summed E-state index contributed by atoms with van der Waals surface area (Å²) < 4.78 is 39.8. The number of methoxy groups -OCH3 is 1. The van der Waals surface area contributed by atoms with Gasteiger partial charge in [-0.25, -0.2) is 0 Å². The van der Waals surface area contributed by atoms with Crippen molar-refractivity contribution in [1.29, 1.82) is 0 Å². The van der Waals surface area contributed by atoms with Crippen LogP contribution in [0.15, 0.2) is 22.8 Å². The molecule has 0 N–H and O–H groups in total. The van der Waals surface area contributed by atoms with E-state index in [2.05, 4.69) is 25.7 Å². The number of carbonyl (C=O) groups excluding carboxylic acids is 1. The Bertz CT molecular complexity index is 434. The van der Waals surface area contributed by atoms with Crippen LogP contribution in [0.3, 0.4) is 0 Å². The fourth-order valence-corrected chi connectivity index (χ4v) is 0.938. The molecule has 0 radical (unpaired) electrons. The predicted molar refractivity (Wildman–Crippen MR) is 47.7 cm³/mol. The van der Waals surface area contributed by atoms with Crippen LogP contribution in [-0.4, -0.2) is 18.0 Å². The quantitative estimate of drug-likeness (QED) is 0.730. The molecule has 4 heteroatoms. The molecule has 0 aliphatic carbocycles. The summed E-state index contributed by atoms with van der Waals surface area (Å²) in [5.74, 6) is -1.50. The van der Waals surface area contributed by atoms with Crippen LogP contribution >= 0.6 is 15.9 Å². The summed E-state index contributed by atoms with van der Waals surface area (Å²) >= 11 is 3.10. The molecular formula is C8H8BrNO2. The van der Waals surface area contributed by atoms with E-state index in [0.717, 1.165) is 0 Å². The predicted octanol–water partition coefficient (Wildman–Crippen LogP) is 1.56. The highest BCUT2D eigenvalue weighted by Crippen LogP contribution is 2.09. The van der Waals surface area contributed by atoms with E-state index in [1.165, 1.54) is 12.3 Å². The summed E-state index contributed by atoms with van der Waals surface area (Å²) in [4.78, 5) is 15.1. The molecule has 0 unspecified atom stereocenters. The van der Waals surface area contributed by atoms with Crippen molar-refractivity contribution in [2.75, 3.05) is 7.04 Å². The molecule has 1 aromatic rings. The van der Waals surface area contributed by atoms with Gasteiger partial charge in [-0.15, -0.1) is 0 Å². The van der Waals surface area contributed by atoms with E-state index >= 15 is 0 Å². The number of hydrogen-bond donors (Lipinski definition) is 0. The molecule has 1 heterocycles. The molecule has 0 amide bonds. The summed E-state index contributed by atoms with van der Waals surface area (Å²) in [5.41, 5.74) is -0.221. The molecule has 12 heavy (non-hydrogen) atoms. The molecule has 64 valence electrons. The number of carbonyl (C=O) groups is 1. The van der Waals surface area contributed by atoms with Gasteiger partial charge in [-0.2, -0.15) is 0 Å². The molecule has 0 atom stereocenters. The second kappa shape index (κ2) is 4.21. The molecule has 0 aromatic carbocycles. The first-order valence-electron chi connectivity index (χ1n) is 5.48. The van der Waals surface area contributed by atoms with Gasteiger partial charge in [0.2, 0.25) is 0 Å². The van der Waals surface area contributed by atoms with Gasteiger partial charge in [0, 0.05) is 13.4 Å². The third-order valence-corrected chi connectivity index (χ3v) is 1.54. The van der Waals surface area contributed by atoms with E-state index < -0.39 is 19.4 Å². The van der Waals surface area contributed by atoms with Crippen LogP contribution in [0.2, 0.25) is 0 Å². The standard InChI is InChI=1S/C8H8BrNO2/c1-12-8(11)5-7-4-6(9)2-3-10-7/h2-4H,5H2,1H3/i1D3,5D2. The van der Waals surface area contributed by atoms with Crippen molar-refractivity contribution in [3.05, 3.63) is 28.5 Å². The third-order valence-electron chi connectivity index (χ3n) is 1.04. The van der Waals surface area contributed by atoms with Gasteiger partial charge in [0.25, 0.3) is 0 Å². The largest absolute Gasteiger partial charge is 0.469 e. The Kier molecular flexibility index (Phi) is 1.53. The van der Waals surface area contributed by atoms with Crippen molar-refractivity contribution in [2.24, 2.45) is 0 Å². The van der Waals surface area contributed by atoms with Crippen LogP contribution < -0.4 is 0 Å². The zero-order valence-corrected chi connectivity index (χ0v) is 7.46. The maximum absolute atomic E-state index is 11.4. The lowest BCUT2D eigenvalue weighted by Gasteiger charge is -1.98. The molecule has 0 spiro atoms. The number of halogens is 1. The molecule has 1 rings (SSSR count). The lowest BCUT2D eigenvalue weighted by molar-refractivity contribution is -0.139. The average Bonchev–Trinajstić information content (AvgIpc) is 2.15. The Morgan fingerprint density at radius 2 is 2.83 bits per heavy atom. The molecule has 1 aromatic heterocycles. The van der Waals surface area contributed by atoms with Crippen LogP contribution in [0.25, 0.3) is 0 Å². The maximum Gasteiger partial charge on any atom is 0.311 e. The summed E-state index contributed by atoms with van der Waals surface area (Å²) in [6.45, 7) is 0. The zero-order chi connectivity index (χ0) is 13.3. The average molecular weight is 235 g/mol. The minimum atomic E-state index is -2.98. The van der Waals surface area contributed by atoms with Crippen molar-refractivity contribution < 1.29 is 16.4 Å². The number of rotatable bonds is 2. The van der Waals surface area contributed by atoms with Crippen molar-refractivity contribution in [1.82, 2.24) is 4.98 Å². The van der Waals surface area contributed by atoms with Crippen LogP contribution in [0, 0.1) is 0 Å². The highest BCUT2D eigenvalue weighted by atomic mass is 79.9. The maximum atomic E-state index is 11.4. The molecule has 0 fully saturated rings. The fraction of sp³-hybridized carbons (Fsp3) is 0.250. The highest BCUT2D eigenvalue weighted by molar-refractivity contribution is 9.10. The number of ether oxygens (including phenoxy) is 1.